The van der Waals surface area contributed by atoms with Gasteiger partial charge in [-0.05, 0) is 18.7 Å². The molecule has 74 valence electrons. The monoisotopic (exact) mass is 206 g/mol. The summed E-state index contributed by atoms with van der Waals surface area (Å²) in [6.45, 7) is 2.26. The Bertz CT molecular complexity index is 353. The fourth-order valence-corrected chi connectivity index (χ4v) is 3.69. The van der Waals surface area contributed by atoms with E-state index in [1.54, 1.807) is 0 Å². The summed E-state index contributed by atoms with van der Waals surface area (Å²) in [5.41, 5.74) is 1.48. The van der Waals surface area contributed by atoms with Gasteiger partial charge in [-0.25, -0.2) is 0 Å². The first-order valence-corrected chi connectivity index (χ1v) is 5.93. The van der Waals surface area contributed by atoms with E-state index in [0.717, 1.165) is 13.1 Å². The Morgan fingerprint density at radius 1 is 1.43 bits per heavy atom. The van der Waals surface area contributed by atoms with Crippen LogP contribution in [0.1, 0.15) is 11.6 Å². The van der Waals surface area contributed by atoms with E-state index in [1.807, 2.05) is 11.8 Å². The number of piperazine rings is 1. The Morgan fingerprint density at radius 3 is 3.21 bits per heavy atom. The summed E-state index contributed by atoms with van der Waals surface area (Å²) in [4.78, 5) is 3.90. The maximum Gasteiger partial charge on any atom is 0.0800 e. The Kier molecular flexibility index (Phi) is 2.04. The fraction of sp³-hybridized carbons (Fsp3) is 0.455. The van der Waals surface area contributed by atoms with Crippen molar-refractivity contribution in [1.82, 2.24) is 10.2 Å². The van der Waals surface area contributed by atoms with Crippen LogP contribution in [0.5, 0.6) is 0 Å². The zero-order valence-electron chi connectivity index (χ0n) is 8.23. The minimum Gasteiger partial charge on any atom is -0.307 e. The van der Waals surface area contributed by atoms with Crippen LogP contribution in [0.3, 0.4) is 0 Å². The number of hydrogen-bond acceptors (Lipinski definition) is 3. The summed E-state index contributed by atoms with van der Waals surface area (Å²) < 4.78 is 0. The molecule has 2 unspecified atom stereocenters. The highest BCUT2D eigenvalue weighted by Crippen LogP contribution is 2.45. The van der Waals surface area contributed by atoms with Gasteiger partial charge < -0.3 is 5.32 Å². The maximum atomic E-state index is 3.61. The van der Waals surface area contributed by atoms with Gasteiger partial charge >= 0.3 is 0 Å². The van der Waals surface area contributed by atoms with Gasteiger partial charge in [0.2, 0.25) is 0 Å². The summed E-state index contributed by atoms with van der Waals surface area (Å²) >= 11 is 1.99. The zero-order chi connectivity index (χ0) is 9.54. The number of likely N-dealkylation sites (N-methyl/N-ethyl adjacent to an activating group) is 1. The van der Waals surface area contributed by atoms with Crippen molar-refractivity contribution >= 4 is 11.8 Å². The molecule has 0 aromatic heterocycles. The van der Waals surface area contributed by atoms with Crippen LogP contribution >= 0.6 is 11.8 Å². The third-order valence-corrected chi connectivity index (χ3v) is 4.55. The van der Waals surface area contributed by atoms with E-state index < -0.39 is 0 Å². The number of rotatable bonds is 0. The summed E-state index contributed by atoms with van der Waals surface area (Å²) in [7, 11) is 2.22. The molecule has 0 bridgehead atoms. The van der Waals surface area contributed by atoms with Crippen LogP contribution in [0, 0.1) is 0 Å². The van der Waals surface area contributed by atoms with Crippen LogP contribution in [0.2, 0.25) is 0 Å². The molecule has 2 aliphatic heterocycles. The SMILES string of the molecule is CN1CCNC2c3ccccc3SC21. The van der Waals surface area contributed by atoms with E-state index >= 15 is 0 Å². The van der Waals surface area contributed by atoms with Crippen molar-refractivity contribution in [2.75, 3.05) is 20.1 Å². The molecule has 0 saturated carbocycles. The van der Waals surface area contributed by atoms with Crippen LogP contribution < -0.4 is 5.32 Å². The minimum absolute atomic E-state index is 0.537. The van der Waals surface area contributed by atoms with Crippen molar-refractivity contribution in [3.05, 3.63) is 29.8 Å². The van der Waals surface area contributed by atoms with Crippen molar-refractivity contribution in [1.29, 1.82) is 0 Å². The second kappa shape index (κ2) is 3.26. The molecule has 2 aliphatic rings. The molecular formula is C11H14N2S. The van der Waals surface area contributed by atoms with Crippen LogP contribution in [0.4, 0.5) is 0 Å². The van der Waals surface area contributed by atoms with E-state index in [4.69, 9.17) is 0 Å². The van der Waals surface area contributed by atoms with E-state index in [-0.39, 0.29) is 0 Å². The predicted molar refractivity (Wildman–Crippen MR) is 59.5 cm³/mol. The summed E-state index contributed by atoms with van der Waals surface area (Å²) in [5.74, 6) is 0. The highest BCUT2D eigenvalue weighted by atomic mass is 32.2. The topological polar surface area (TPSA) is 15.3 Å². The number of hydrogen-bond donors (Lipinski definition) is 1. The molecule has 0 aliphatic carbocycles. The molecule has 2 heterocycles. The van der Waals surface area contributed by atoms with E-state index in [9.17, 15) is 0 Å². The summed E-state index contributed by atoms with van der Waals surface area (Å²) in [6, 6.07) is 9.28. The number of fused-ring (bicyclic) bond motifs is 3. The van der Waals surface area contributed by atoms with E-state index in [2.05, 4.69) is 41.5 Å². The first kappa shape index (κ1) is 8.77. The first-order chi connectivity index (χ1) is 6.86. The highest BCUT2D eigenvalue weighted by molar-refractivity contribution is 8.00. The van der Waals surface area contributed by atoms with Gasteiger partial charge in [0, 0.05) is 18.0 Å². The lowest BCUT2D eigenvalue weighted by atomic mass is 10.1. The van der Waals surface area contributed by atoms with Crippen molar-refractivity contribution in [2.45, 2.75) is 16.3 Å². The molecule has 3 rings (SSSR count). The van der Waals surface area contributed by atoms with Gasteiger partial charge in [0.25, 0.3) is 0 Å². The Hall–Kier alpha value is -0.510. The molecule has 1 N–H and O–H groups in total. The standard InChI is InChI=1S/C11H14N2S/c1-13-7-6-12-10-8-4-2-3-5-9(8)14-11(10)13/h2-5,10-12H,6-7H2,1H3. The normalized spacial score (nSPS) is 31.2. The van der Waals surface area contributed by atoms with Crippen LogP contribution in [0.25, 0.3) is 0 Å². The smallest absolute Gasteiger partial charge is 0.0800 e. The number of thioether (sulfide) groups is 1. The summed E-state index contributed by atoms with van der Waals surface area (Å²) in [6.07, 6.45) is 0. The average molecular weight is 206 g/mol. The van der Waals surface area contributed by atoms with Gasteiger partial charge in [0.1, 0.15) is 0 Å². The lowest BCUT2D eigenvalue weighted by Crippen LogP contribution is -2.47. The van der Waals surface area contributed by atoms with Crippen LogP contribution in [-0.4, -0.2) is 30.4 Å². The lowest BCUT2D eigenvalue weighted by molar-refractivity contribution is 0.219. The van der Waals surface area contributed by atoms with Crippen molar-refractivity contribution in [3.63, 3.8) is 0 Å². The molecule has 3 heteroatoms. The molecular weight excluding hydrogens is 192 g/mol. The Labute approximate surface area is 88.7 Å². The second-order valence-corrected chi connectivity index (χ2v) is 5.12. The number of benzene rings is 1. The molecule has 2 nitrogen and oxygen atoms in total. The van der Waals surface area contributed by atoms with Gasteiger partial charge in [-0.1, -0.05) is 18.2 Å². The largest absolute Gasteiger partial charge is 0.307 e. The van der Waals surface area contributed by atoms with Gasteiger partial charge in [0.15, 0.2) is 0 Å². The highest BCUT2D eigenvalue weighted by Gasteiger charge is 2.37. The van der Waals surface area contributed by atoms with Gasteiger partial charge in [-0.2, -0.15) is 0 Å². The van der Waals surface area contributed by atoms with Crippen molar-refractivity contribution in [2.24, 2.45) is 0 Å². The molecule has 1 saturated heterocycles. The number of nitrogens with one attached hydrogen (secondary N) is 1. The van der Waals surface area contributed by atoms with Crippen molar-refractivity contribution < 1.29 is 0 Å². The maximum absolute atomic E-state index is 3.61. The number of nitrogens with zero attached hydrogens (tertiary/aromatic N) is 1. The molecule has 0 spiro atoms. The van der Waals surface area contributed by atoms with Gasteiger partial charge in [-0.15, -0.1) is 11.8 Å². The third-order valence-electron chi connectivity index (χ3n) is 3.05. The molecule has 2 atom stereocenters. The minimum atomic E-state index is 0.537. The fourth-order valence-electron chi connectivity index (χ4n) is 2.28. The second-order valence-electron chi connectivity index (χ2n) is 3.96. The molecule has 1 aromatic carbocycles. The van der Waals surface area contributed by atoms with Gasteiger partial charge in [0.05, 0.1) is 11.4 Å². The zero-order valence-corrected chi connectivity index (χ0v) is 9.05. The first-order valence-electron chi connectivity index (χ1n) is 5.05. The lowest BCUT2D eigenvalue weighted by Gasteiger charge is -2.34. The molecule has 14 heavy (non-hydrogen) atoms. The van der Waals surface area contributed by atoms with E-state index in [0.29, 0.717) is 11.4 Å². The predicted octanol–water partition coefficient (Wildman–Crippen LogP) is 1.69. The molecule has 0 radical (unpaired) electrons. The third kappa shape index (κ3) is 1.20. The van der Waals surface area contributed by atoms with Crippen molar-refractivity contribution in [3.8, 4) is 0 Å². The molecule has 1 fully saturated rings. The summed E-state index contributed by atoms with van der Waals surface area (Å²) in [5, 5.41) is 4.20. The average Bonchev–Trinajstić information content (AvgIpc) is 2.59. The Balaban J connectivity index is 2.00. The van der Waals surface area contributed by atoms with Crippen LogP contribution in [-0.2, 0) is 0 Å². The van der Waals surface area contributed by atoms with Crippen LogP contribution in [0.15, 0.2) is 29.2 Å². The van der Waals surface area contributed by atoms with E-state index in [1.165, 1.54) is 10.5 Å². The molecule has 1 aromatic rings. The Morgan fingerprint density at radius 2 is 2.29 bits per heavy atom. The quantitative estimate of drug-likeness (QED) is 0.695. The van der Waals surface area contributed by atoms with Gasteiger partial charge in [-0.3, -0.25) is 4.90 Å². The molecule has 0 amide bonds.